The number of ether oxygens (including phenoxy) is 1. The number of para-hydroxylation sites is 1. The first-order valence-electron chi connectivity index (χ1n) is 5.26. The fourth-order valence-electron chi connectivity index (χ4n) is 1.55. The van der Waals surface area contributed by atoms with Crippen molar-refractivity contribution in [1.82, 2.24) is 0 Å². The highest BCUT2D eigenvalue weighted by molar-refractivity contribution is 9.10. The molecule has 3 nitrogen and oxygen atoms in total. The van der Waals surface area contributed by atoms with Gasteiger partial charge in [0.1, 0.15) is 5.75 Å². The van der Waals surface area contributed by atoms with Crippen molar-refractivity contribution in [2.75, 3.05) is 18.2 Å². The van der Waals surface area contributed by atoms with Gasteiger partial charge in [0.15, 0.2) is 0 Å². The number of benzene rings is 2. The molecule has 0 heterocycles. The molecular weight excluding hydrogens is 316 g/mol. The van der Waals surface area contributed by atoms with Gasteiger partial charge in [0.05, 0.1) is 23.5 Å². The maximum Gasteiger partial charge on any atom is 0.122 e. The fourth-order valence-corrected chi connectivity index (χ4v) is 2.20. The highest BCUT2D eigenvalue weighted by atomic mass is 79.9. The molecule has 18 heavy (non-hydrogen) atoms. The molecular formula is C13H12BrClN2O. The lowest BCUT2D eigenvalue weighted by molar-refractivity contribution is 0.415. The van der Waals surface area contributed by atoms with Gasteiger partial charge in [-0.05, 0) is 24.3 Å². The van der Waals surface area contributed by atoms with E-state index in [0.717, 1.165) is 21.6 Å². The number of hydrogen-bond donors (Lipinski definition) is 2. The van der Waals surface area contributed by atoms with Gasteiger partial charge in [-0.15, -0.1) is 0 Å². The molecule has 0 fully saturated rings. The van der Waals surface area contributed by atoms with E-state index in [4.69, 9.17) is 22.1 Å². The van der Waals surface area contributed by atoms with Crippen molar-refractivity contribution in [3.8, 4) is 5.75 Å². The summed E-state index contributed by atoms with van der Waals surface area (Å²) in [6.45, 7) is 0. The van der Waals surface area contributed by atoms with Crippen LogP contribution in [0.25, 0.3) is 0 Å². The van der Waals surface area contributed by atoms with Crippen molar-refractivity contribution in [3.63, 3.8) is 0 Å². The Balaban J connectivity index is 2.34. The average molecular weight is 328 g/mol. The zero-order chi connectivity index (χ0) is 13.1. The molecule has 2 rings (SSSR count). The molecule has 0 aliphatic carbocycles. The standard InChI is InChI=1S/C13H12BrClN2O/c1-18-10-6-8(14)5-9(7-10)17-12-4-2-3-11(15)13(12)16/h2-7,17H,16H2,1H3. The Morgan fingerprint density at radius 1 is 1.28 bits per heavy atom. The second-order valence-corrected chi connectivity index (χ2v) is 5.03. The van der Waals surface area contributed by atoms with E-state index >= 15 is 0 Å². The molecule has 0 aliphatic heterocycles. The summed E-state index contributed by atoms with van der Waals surface area (Å²) in [5, 5.41) is 3.74. The lowest BCUT2D eigenvalue weighted by atomic mass is 10.2. The van der Waals surface area contributed by atoms with Gasteiger partial charge in [0, 0.05) is 16.2 Å². The molecule has 0 radical (unpaired) electrons. The Labute approximate surface area is 119 Å². The van der Waals surface area contributed by atoms with Crippen molar-refractivity contribution in [3.05, 3.63) is 45.9 Å². The maximum atomic E-state index is 5.97. The largest absolute Gasteiger partial charge is 0.497 e. The molecule has 0 unspecified atom stereocenters. The Morgan fingerprint density at radius 2 is 2.06 bits per heavy atom. The highest BCUT2D eigenvalue weighted by Gasteiger charge is 2.05. The summed E-state index contributed by atoms with van der Waals surface area (Å²) in [6.07, 6.45) is 0. The van der Waals surface area contributed by atoms with Crippen LogP contribution in [-0.2, 0) is 0 Å². The lowest BCUT2D eigenvalue weighted by Crippen LogP contribution is -1.97. The van der Waals surface area contributed by atoms with Crippen LogP contribution in [0.15, 0.2) is 40.9 Å². The molecule has 0 atom stereocenters. The zero-order valence-corrected chi connectivity index (χ0v) is 12.0. The monoisotopic (exact) mass is 326 g/mol. The van der Waals surface area contributed by atoms with Crippen molar-refractivity contribution in [1.29, 1.82) is 0 Å². The number of nitrogen functional groups attached to an aromatic ring is 1. The van der Waals surface area contributed by atoms with Crippen molar-refractivity contribution in [2.24, 2.45) is 0 Å². The molecule has 2 aromatic carbocycles. The smallest absolute Gasteiger partial charge is 0.122 e. The van der Waals surface area contributed by atoms with Gasteiger partial charge in [-0.25, -0.2) is 0 Å². The number of rotatable bonds is 3. The summed E-state index contributed by atoms with van der Waals surface area (Å²) >= 11 is 9.39. The Kier molecular flexibility index (Phi) is 3.99. The minimum absolute atomic E-state index is 0.526. The molecule has 94 valence electrons. The minimum Gasteiger partial charge on any atom is -0.497 e. The lowest BCUT2D eigenvalue weighted by Gasteiger charge is -2.12. The molecule has 3 N–H and O–H groups in total. The summed E-state index contributed by atoms with van der Waals surface area (Å²) in [5.41, 5.74) is 8.06. The molecule has 0 amide bonds. The first-order chi connectivity index (χ1) is 8.60. The minimum atomic E-state index is 0.526. The highest BCUT2D eigenvalue weighted by Crippen LogP contribution is 2.32. The van der Waals surface area contributed by atoms with Gasteiger partial charge in [0.25, 0.3) is 0 Å². The zero-order valence-electron chi connectivity index (χ0n) is 9.71. The quantitative estimate of drug-likeness (QED) is 0.819. The summed E-state index contributed by atoms with van der Waals surface area (Å²) in [4.78, 5) is 0. The Hall–Kier alpha value is -1.39. The van der Waals surface area contributed by atoms with Gasteiger partial charge in [0.2, 0.25) is 0 Å². The van der Waals surface area contributed by atoms with E-state index in [2.05, 4.69) is 21.2 Å². The predicted octanol–water partition coefficient (Wildman–Crippen LogP) is 4.44. The van der Waals surface area contributed by atoms with Crippen LogP contribution >= 0.6 is 27.5 Å². The Morgan fingerprint density at radius 3 is 2.78 bits per heavy atom. The van der Waals surface area contributed by atoms with Crippen molar-refractivity contribution < 1.29 is 4.74 Å². The van der Waals surface area contributed by atoms with E-state index in [1.807, 2.05) is 30.3 Å². The molecule has 0 saturated carbocycles. The van der Waals surface area contributed by atoms with Crippen LogP contribution in [0.4, 0.5) is 17.1 Å². The van der Waals surface area contributed by atoms with E-state index in [0.29, 0.717) is 10.7 Å². The second kappa shape index (κ2) is 5.50. The normalized spacial score (nSPS) is 10.2. The summed E-state index contributed by atoms with van der Waals surface area (Å²) in [5.74, 6) is 0.757. The molecule has 0 aromatic heterocycles. The van der Waals surface area contributed by atoms with Gasteiger partial charge in [-0.2, -0.15) is 0 Å². The number of nitrogens with one attached hydrogen (secondary N) is 1. The molecule has 0 bridgehead atoms. The van der Waals surface area contributed by atoms with Crippen LogP contribution in [-0.4, -0.2) is 7.11 Å². The number of nitrogens with two attached hydrogens (primary N) is 1. The first-order valence-corrected chi connectivity index (χ1v) is 6.43. The molecule has 0 saturated heterocycles. The van der Waals surface area contributed by atoms with Gasteiger partial charge in [-0.1, -0.05) is 33.6 Å². The molecule has 5 heteroatoms. The Bertz CT molecular complexity index is 575. The van der Waals surface area contributed by atoms with Crippen LogP contribution in [0.3, 0.4) is 0 Å². The number of anilines is 3. The third-order valence-corrected chi connectivity index (χ3v) is 3.23. The maximum absolute atomic E-state index is 5.97. The van der Waals surface area contributed by atoms with Crippen LogP contribution < -0.4 is 15.8 Å². The van der Waals surface area contributed by atoms with Crippen LogP contribution in [0.1, 0.15) is 0 Å². The van der Waals surface area contributed by atoms with Crippen LogP contribution in [0, 0.1) is 0 Å². The molecule has 0 spiro atoms. The number of hydrogen-bond acceptors (Lipinski definition) is 3. The van der Waals surface area contributed by atoms with Crippen molar-refractivity contribution >= 4 is 44.6 Å². The number of halogens is 2. The van der Waals surface area contributed by atoms with Gasteiger partial charge in [-0.3, -0.25) is 0 Å². The van der Waals surface area contributed by atoms with Crippen LogP contribution in [0.5, 0.6) is 5.75 Å². The third-order valence-electron chi connectivity index (χ3n) is 2.44. The SMILES string of the molecule is COc1cc(Br)cc(Nc2cccc(Cl)c2N)c1. The molecule has 0 aliphatic rings. The van der Waals surface area contributed by atoms with Gasteiger partial charge >= 0.3 is 0 Å². The van der Waals surface area contributed by atoms with E-state index in [1.165, 1.54) is 0 Å². The van der Waals surface area contributed by atoms with E-state index in [9.17, 15) is 0 Å². The predicted molar refractivity (Wildman–Crippen MR) is 79.8 cm³/mol. The first kappa shape index (κ1) is 13.1. The third kappa shape index (κ3) is 2.89. The van der Waals surface area contributed by atoms with Crippen LogP contribution in [0.2, 0.25) is 5.02 Å². The fraction of sp³-hybridized carbons (Fsp3) is 0.0769. The summed E-state index contributed by atoms with van der Waals surface area (Å²) in [6, 6.07) is 11.2. The van der Waals surface area contributed by atoms with E-state index < -0.39 is 0 Å². The number of methoxy groups -OCH3 is 1. The summed E-state index contributed by atoms with van der Waals surface area (Å²) < 4.78 is 6.12. The van der Waals surface area contributed by atoms with Crippen molar-refractivity contribution in [2.45, 2.75) is 0 Å². The average Bonchev–Trinajstić information content (AvgIpc) is 2.34. The topological polar surface area (TPSA) is 47.3 Å². The summed E-state index contributed by atoms with van der Waals surface area (Å²) in [7, 11) is 1.62. The second-order valence-electron chi connectivity index (χ2n) is 3.71. The molecule has 2 aromatic rings. The van der Waals surface area contributed by atoms with Gasteiger partial charge < -0.3 is 15.8 Å². The van der Waals surface area contributed by atoms with E-state index in [1.54, 1.807) is 13.2 Å². The van der Waals surface area contributed by atoms with E-state index in [-0.39, 0.29) is 0 Å².